The number of aromatic nitrogens is 1. The molecule has 1 aromatic heterocycles. The van der Waals surface area contributed by atoms with Crippen molar-refractivity contribution in [3.63, 3.8) is 0 Å². The zero-order valence-corrected chi connectivity index (χ0v) is 14.5. The van der Waals surface area contributed by atoms with Gasteiger partial charge in [0.15, 0.2) is 0 Å². The Morgan fingerprint density at radius 3 is 2.60 bits per heavy atom. The van der Waals surface area contributed by atoms with Crippen molar-refractivity contribution < 1.29 is 19.4 Å². The minimum Gasteiger partial charge on any atom is -0.497 e. The second-order valence-electron chi connectivity index (χ2n) is 5.83. The van der Waals surface area contributed by atoms with Crippen molar-refractivity contribution in [3.8, 4) is 16.9 Å². The third-order valence-electron chi connectivity index (χ3n) is 4.21. The summed E-state index contributed by atoms with van der Waals surface area (Å²) in [6, 6.07) is 9.13. The molecular weight excluding hydrogens is 340 g/mol. The van der Waals surface area contributed by atoms with Crippen LogP contribution in [-0.4, -0.2) is 46.1 Å². The van der Waals surface area contributed by atoms with E-state index < -0.39 is 17.4 Å². The molecule has 0 aliphatic carbocycles. The topological polar surface area (TPSA) is 88.5 Å². The van der Waals surface area contributed by atoms with Crippen LogP contribution in [0.1, 0.15) is 16.8 Å². The fourth-order valence-electron chi connectivity index (χ4n) is 2.68. The lowest BCUT2D eigenvalue weighted by atomic mass is 9.98. The van der Waals surface area contributed by atoms with Gasteiger partial charge in [0.25, 0.3) is 5.91 Å². The molecule has 6 nitrogen and oxygen atoms in total. The molecule has 1 fully saturated rings. The van der Waals surface area contributed by atoms with Gasteiger partial charge < -0.3 is 15.2 Å². The standard InChI is InChI=1S/C18H18N2O4S/c1-24-15-4-2-12(3-5-15)13-8-14(10-19-9-13)16(21)20-18(17(22)23)6-7-25-11-18/h2-5,8-10H,6-7,11H2,1H3,(H,20,21)(H,22,23). The monoisotopic (exact) mass is 358 g/mol. The average Bonchev–Trinajstić information content (AvgIpc) is 3.12. The molecule has 0 radical (unpaired) electrons. The van der Waals surface area contributed by atoms with Gasteiger partial charge in [0.1, 0.15) is 11.3 Å². The van der Waals surface area contributed by atoms with E-state index in [9.17, 15) is 14.7 Å². The Hall–Kier alpha value is -2.54. The van der Waals surface area contributed by atoms with Crippen molar-refractivity contribution in [1.82, 2.24) is 10.3 Å². The molecule has 130 valence electrons. The highest BCUT2D eigenvalue weighted by molar-refractivity contribution is 7.99. The van der Waals surface area contributed by atoms with Gasteiger partial charge >= 0.3 is 5.97 Å². The Bertz CT molecular complexity index is 786. The Morgan fingerprint density at radius 1 is 1.24 bits per heavy atom. The molecule has 1 saturated heterocycles. The Kier molecular flexibility index (Phi) is 4.94. The largest absolute Gasteiger partial charge is 0.497 e. The number of hydrogen-bond donors (Lipinski definition) is 2. The molecule has 2 N–H and O–H groups in total. The van der Waals surface area contributed by atoms with E-state index >= 15 is 0 Å². The maximum Gasteiger partial charge on any atom is 0.330 e. The molecule has 1 amide bonds. The smallest absolute Gasteiger partial charge is 0.330 e. The molecule has 7 heteroatoms. The first-order chi connectivity index (χ1) is 12.0. The summed E-state index contributed by atoms with van der Waals surface area (Å²) < 4.78 is 5.14. The summed E-state index contributed by atoms with van der Waals surface area (Å²) in [5, 5.41) is 12.2. The van der Waals surface area contributed by atoms with Crippen molar-refractivity contribution in [1.29, 1.82) is 0 Å². The number of hydrogen-bond acceptors (Lipinski definition) is 5. The van der Waals surface area contributed by atoms with Crippen LogP contribution in [0.5, 0.6) is 5.75 Å². The van der Waals surface area contributed by atoms with Crippen LogP contribution in [0.2, 0.25) is 0 Å². The number of methoxy groups -OCH3 is 1. The summed E-state index contributed by atoms with van der Waals surface area (Å²) in [5.74, 6) is 0.418. The molecule has 0 spiro atoms. The van der Waals surface area contributed by atoms with Crippen molar-refractivity contribution in [2.45, 2.75) is 12.0 Å². The summed E-state index contributed by atoms with van der Waals surface area (Å²) >= 11 is 1.53. The highest BCUT2D eigenvalue weighted by atomic mass is 32.2. The van der Waals surface area contributed by atoms with Gasteiger partial charge in [-0.05, 0) is 35.9 Å². The van der Waals surface area contributed by atoms with Gasteiger partial charge in [0, 0.05) is 23.7 Å². The first-order valence-electron chi connectivity index (χ1n) is 7.77. The highest BCUT2D eigenvalue weighted by Gasteiger charge is 2.43. The Morgan fingerprint density at radius 2 is 2.00 bits per heavy atom. The number of thioether (sulfide) groups is 1. The fourth-order valence-corrected chi connectivity index (χ4v) is 4.01. The molecule has 25 heavy (non-hydrogen) atoms. The fraction of sp³-hybridized carbons (Fsp3) is 0.278. The summed E-state index contributed by atoms with van der Waals surface area (Å²) in [7, 11) is 1.60. The number of nitrogens with zero attached hydrogens (tertiary/aromatic N) is 1. The van der Waals surface area contributed by atoms with E-state index in [1.807, 2.05) is 24.3 Å². The molecular formula is C18H18N2O4S. The molecule has 2 heterocycles. The third-order valence-corrected chi connectivity index (χ3v) is 5.40. The van der Waals surface area contributed by atoms with Crippen LogP contribution in [0.4, 0.5) is 0 Å². The maximum atomic E-state index is 12.6. The second-order valence-corrected chi connectivity index (χ2v) is 6.94. The third kappa shape index (κ3) is 3.61. The number of benzene rings is 1. The SMILES string of the molecule is COc1ccc(-c2cncc(C(=O)NC3(C(=O)O)CCSC3)c2)cc1. The summed E-state index contributed by atoms with van der Waals surface area (Å²) in [4.78, 5) is 28.3. The molecule has 0 bridgehead atoms. The van der Waals surface area contributed by atoms with Crippen LogP contribution in [0.15, 0.2) is 42.7 Å². The lowest BCUT2D eigenvalue weighted by Crippen LogP contribution is -2.54. The van der Waals surface area contributed by atoms with Crippen LogP contribution in [0.3, 0.4) is 0 Å². The molecule has 3 rings (SSSR count). The van der Waals surface area contributed by atoms with E-state index in [1.54, 1.807) is 19.4 Å². The van der Waals surface area contributed by atoms with Crippen LogP contribution in [-0.2, 0) is 4.79 Å². The van der Waals surface area contributed by atoms with E-state index in [1.165, 1.54) is 18.0 Å². The maximum absolute atomic E-state index is 12.6. The number of aliphatic carboxylic acids is 1. The minimum absolute atomic E-state index is 0.339. The quantitative estimate of drug-likeness (QED) is 0.853. The van der Waals surface area contributed by atoms with Crippen LogP contribution < -0.4 is 10.1 Å². The summed E-state index contributed by atoms with van der Waals surface area (Å²) in [6.45, 7) is 0. The number of amides is 1. The van der Waals surface area contributed by atoms with Gasteiger partial charge in [0.2, 0.25) is 0 Å². The van der Waals surface area contributed by atoms with Crippen molar-refractivity contribution in [2.75, 3.05) is 18.6 Å². The minimum atomic E-state index is -1.20. The van der Waals surface area contributed by atoms with Crippen LogP contribution in [0, 0.1) is 0 Å². The van der Waals surface area contributed by atoms with E-state index in [4.69, 9.17) is 4.74 Å². The Labute approximate surface area is 149 Å². The summed E-state index contributed by atoms with van der Waals surface area (Å²) in [5.41, 5.74) is 0.816. The zero-order valence-electron chi connectivity index (χ0n) is 13.7. The molecule has 2 aromatic rings. The second kappa shape index (κ2) is 7.14. The number of pyridine rings is 1. The van der Waals surface area contributed by atoms with Crippen molar-refractivity contribution in [2.24, 2.45) is 0 Å². The molecule has 1 aromatic carbocycles. The molecule has 0 saturated carbocycles. The van der Waals surface area contributed by atoms with E-state index in [0.717, 1.165) is 22.6 Å². The van der Waals surface area contributed by atoms with Crippen molar-refractivity contribution in [3.05, 3.63) is 48.3 Å². The number of nitrogens with one attached hydrogen (secondary N) is 1. The normalized spacial score (nSPS) is 19.4. The van der Waals surface area contributed by atoms with Gasteiger partial charge in [-0.25, -0.2) is 4.79 Å². The first kappa shape index (κ1) is 17.3. The van der Waals surface area contributed by atoms with Gasteiger partial charge in [0.05, 0.1) is 12.7 Å². The first-order valence-corrected chi connectivity index (χ1v) is 8.93. The number of carbonyl (C=O) groups excluding carboxylic acids is 1. The average molecular weight is 358 g/mol. The lowest BCUT2D eigenvalue weighted by molar-refractivity contribution is -0.143. The van der Waals surface area contributed by atoms with Gasteiger partial charge in [-0.2, -0.15) is 11.8 Å². The number of ether oxygens (including phenoxy) is 1. The summed E-state index contributed by atoms with van der Waals surface area (Å²) in [6.07, 6.45) is 3.53. The van der Waals surface area contributed by atoms with Gasteiger partial charge in [-0.1, -0.05) is 12.1 Å². The van der Waals surface area contributed by atoms with E-state index in [-0.39, 0.29) is 0 Å². The Balaban J connectivity index is 1.83. The molecule has 1 aliphatic heterocycles. The van der Waals surface area contributed by atoms with Gasteiger partial charge in [-0.3, -0.25) is 9.78 Å². The molecule has 1 atom stereocenters. The zero-order chi connectivity index (χ0) is 17.9. The number of carboxylic acids is 1. The number of carbonyl (C=O) groups is 2. The molecule has 1 aliphatic rings. The van der Waals surface area contributed by atoms with Gasteiger partial charge in [-0.15, -0.1) is 0 Å². The van der Waals surface area contributed by atoms with E-state index in [2.05, 4.69) is 10.3 Å². The lowest BCUT2D eigenvalue weighted by Gasteiger charge is -2.24. The predicted molar refractivity (Wildman–Crippen MR) is 96.0 cm³/mol. The van der Waals surface area contributed by atoms with Crippen molar-refractivity contribution >= 4 is 23.6 Å². The highest BCUT2D eigenvalue weighted by Crippen LogP contribution is 2.29. The number of carboxylic acid groups (broad SMARTS) is 1. The van der Waals surface area contributed by atoms with Crippen LogP contribution in [0.25, 0.3) is 11.1 Å². The number of rotatable bonds is 5. The van der Waals surface area contributed by atoms with Crippen LogP contribution >= 0.6 is 11.8 Å². The molecule has 1 unspecified atom stereocenters. The predicted octanol–water partition coefficient (Wildman–Crippen LogP) is 2.45. The van der Waals surface area contributed by atoms with E-state index in [0.29, 0.717) is 17.7 Å².